The Balaban J connectivity index is 2.72. The Kier molecular flexibility index (Phi) is 5.96. The lowest BCUT2D eigenvalue weighted by Gasteiger charge is -2.12. The van der Waals surface area contributed by atoms with Gasteiger partial charge in [0.2, 0.25) is 0 Å². The van der Waals surface area contributed by atoms with Crippen molar-refractivity contribution < 1.29 is 8.42 Å². The van der Waals surface area contributed by atoms with Crippen LogP contribution in [0.5, 0.6) is 0 Å². The van der Waals surface area contributed by atoms with E-state index in [-0.39, 0.29) is 11.1 Å². The van der Waals surface area contributed by atoms with Gasteiger partial charge >= 0.3 is 0 Å². The number of benzene rings is 1. The van der Waals surface area contributed by atoms with Crippen molar-refractivity contribution in [3.8, 4) is 0 Å². The van der Waals surface area contributed by atoms with Crippen LogP contribution >= 0.6 is 11.6 Å². The van der Waals surface area contributed by atoms with Crippen molar-refractivity contribution >= 4 is 27.1 Å². The van der Waals surface area contributed by atoms with Crippen LogP contribution in [0.1, 0.15) is 26.7 Å². The van der Waals surface area contributed by atoms with Crippen LogP contribution in [-0.4, -0.2) is 26.1 Å². The lowest BCUT2D eigenvalue weighted by molar-refractivity contribution is 0.597. The molecule has 0 heterocycles. The molecule has 0 fully saturated rings. The van der Waals surface area contributed by atoms with Crippen LogP contribution in [0.2, 0.25) is 0 Å². The molecule has 0 bridgehead atoms. The molecule has 0 aliphatic rings. The minimum absolute atomic E-state index is 0.115. The molecule has 1 aromatic carbocycles. The topological polar surface area (TPSA) is 46.2 Å². The molecule has 18 heavy (non-hydrogen) atoms. The molecule has 1 aromatic rings. The van der Waals surface area contributed by atoms with Crippen LogP contribution in [0, 0.1) is 0 Å². The van der Waals surface area contributed by atoms with Gasteiger partial charge in [-0.2, -0.15) is 0 Å². The Hall–Kier alpha value is -0.740. The molecule has 0 aliphatic carbocycles. The average Bonchev–Trinajstić information content (AvgIpc) is 2.35. The van der Waals surface area contributed by atoms with Gasteiger partial charge < -0.3 is 5.32 Å². The summed E-state index contributed by atoms with van der Waals surface area (Å²) in [7, 11) is -3.17. The third kappa shape index (κ3) is 4.50. The molecule has 0 aromatic heterocycles. The molecule has 1 atom stereocenters. The fraction of sp³-hybridized carbons (Fsp3) is 0.538. The van der Waals surface area contributed by atoms with E-state index >= 15 is 0 Å². The second-order valence-corrected chi connectivity index (χ2v) is 7.24. The molecule has 102 valence electrons. The van der Waals surface area contributed by atoms with Gasteiger partial charge in [-0.15, -0.1) is 11.6 Å². The van der Waals surface area contributed by atoms with Crippen LogP contribution in [0.25, 0.3) is 0 Å². The van der Waals surface area contributed by atoms with Crippen molar-refractivity contribution in [2.75, 3.05) is 17.6 Å². The standard InChI is InChI=1S/C13H20ClNO2S/c1-3-18(16,17)13-9-5-4-8-12(13)15-10-6-7-11(2)14/h4-5,8-9,11,15H,3,6-7,10H2,1-2H3. The van der Waals surface area contributed by atoms with Gasteiger partial charge in [0.25, 0.3) is 0 Å². The molecule has 0 radical (unpaired) electrons. The summed E-state index contributed by atoms with van der Waals surface area (Å²) in [5.41, 5.74) is 0.682. The largest absolute Gasteiger partial charge is 0.384 e. The van der Waals surface area contributed by atoms with Crippen molar-refractivity contribution in [3.05, 3.63) is 24.3 Å². The molecule has 3 nitrogen and oxygen atoms in total. The summed E-state index contributed by atoms with van der Waals surface area (Å²) in [6.45, 7) is 4.34. The van der Waals surface area contributed by atoms with E-state index in [4.69, 9.17) is 11.6 Å². The van der Waals surface area contributed by atoms with Gasteiger partial charge in [0.15, 0.2) is 9.84 Å². The third-order valence-electron chi connectivity index (χ3n) is 2.70. The number of hydrogen-bond donors (Lipinski definition) is 1. The molecule has 0 saturated heterocycles. The van der Waals surface area contributed by atoms with Crippen LogP contribution in [0.15, 0.2) is 29.2 Å². The Morgan fingerprint density at radius 2 is 2.00 bits per heavy atom. The van der Waals surface area contributed by atoms with Gasteiger partial charge in [0, 0.05) is 11.9 Å². The van der Waals surface area contributed by atoms with Crippen molar-refractivity contribution in [1.82, 2.24) is 0 Å². The fourth-order valence-electron chi connectivity index (χ4n) is 1.65. The Labute approximate surface area is 114 Å². The first kappa shape index (κ1) is 15.3. The van der Waals surface area contributed by atoms with Crippen LogP contribution < -0.4 is 5.32 Å². The summed E-state index contributed by atoms with van der Waals surface area (Å²) in [6, 6.07) is 7.02. The van der Waals surface area contributed by atoms with E-state index < -0.39 is 9.84 Å². The van der Waals surface area contributed by atoms with Crippen molar-refractivity contribution in [2.24, 2.45) is 0 Å². The first-order valence-electron chi connectivity index (χ1n) is 6.17. The number of rotatable bonds is 7. The quantitative estimate of drug-likeness (QED) is 0.619. The second-order valence-electron chi connectivity index (χ2n) is 4.25. The highest BCUT2D eigenvalue weighted by Crippen LogP contribution is 2.22. The van der Waals surface area contributed by atoms with Gasteiger partial charge in [0.05, 0.1) is 16.3 Å². The molecule has 5 heteroatoms. The van der Waals surface area contributed by atoms with Crippen molar-refractivity contribution in [1.29, 1.82) is 0 Å². The molecular formula is C13H20ClNO2S. The number of nitrogens with one attached hydrogen (secondary N) is 1. The van der Waals surface area contributed by atoms with E-state index in [1.807, 2.05) is 13.0 Å². The fourth-order valence-corrected chi connectivity index (χ4v) is 2.87. The molecule has 1 rings (SSSR count). The number of hydrogen-bond acceptors (Lipinski definition) is 3. The van der Waals surface area contributed by atoms with E-state index in [0.29, 0.717) is 10.6 Å². The maximum absolute atomic E-state index is 11.9. The zero-order valence-corrected chi connectivity index (χ0v) is 12.4. The van der Waals surface area contributed by atoms with Crippen molar-refractivity contribution in [3.63, 3.8) is 0 Å². The highest BCUT2D eigenvalue weighted by molar-refractivity contribution is 7.91. The van der Waals surface area contributed by atoms with Crippen LogP contribution in [0.3, 0.4) is 0 Å². The van der Waals surface area contributed by atoms with Gasteiger partial charge in [-0.1, -0.05) is 19.1 Å². The van der Waals surface area contributed by atoms with Gasteiger partial charge in [-0.05, 0) is 31.9 Å². The molecule has 0 spiro atoms. The van der Waals surface area contributed by atoms with E-state index in [1.54, 1.807) is 25.1 Å². The number of para-hydroxylation sites is 1. The van der Waals surface area contributed by atoms with E-state index in [2.05, 4.69) is 5.32 Å². The number of anilines is 1. The highest BCUT2D eigenvalue weighted by Gasteiger charge is 2.15. The first-order valence-corrected chi connectivity index (χ1v) is 8.26. The molecule has 0 saturated carbocycles. The summed E-state index contributed by atoms with van der Waals surface area (Å²) < 4.78 is 23.8. The Morgan fingerprint density at radius 1 is 1.33 bits per heavy atom. The Bertz CT molecular complexity index is 472. The molecule has 0 aliphatic heterocycles. The predicted octanol–water partition coefficient (Wildman–Crippen LogP) is 3.30. The Morgan fingerprint density at radius 3 is 2.61 bits per heavy atom. The van der Waals surface area contributed by atoms with Crippen LogP contribution in [-0.2, 0) is 9.84 Å². The number of halogens is 1. The van der Waals surface area contributed by atoms with E-state index in [0.717, 1.165) is 19.4 Å². The van der Waals surface area contributed by atoms with Gasteiger partial charge in [-0.3, -0.25) is 0 Å². The number of alkyl halides is 1. The zero-order valence-electron chi connectivity index (χ0n) is 10.8. The first-order chi connectivity index (χ1) is 8.47. The van der Waals surface area contributed by atoms with E-state index in [1.165, 1.54) is 0 Å². The lowest BCUT2D eigenvalue weighted by Crippen LogP contribution is -2.10. The molecular weight excluding hydrogens is 270 g/mol. The molecule has 0 amide bonds. The van der Waals surface area contributed by atoms with Gasteiger partial charge in [0.1, 0.15) is 0 Å². The average molecular weight is 290 g/mol. The minimum Gasteiger partial charge on any atom is -0.384 e. The highest BCUT2D eigenvalue weighted by atomic mass is 35.5. The lowest BCUT2D eigenvalue weighted by atomic mass is 10.2. The summed E-state index contributed by atoms with van der Waals surface area (Å²) in [5, 5.41) is 3.33. The maximum atomic E-state index is 11.9. The monoisotopic (exact) mass is 289 g/mol. The smallest absolute Gasteiger partial charge is 0.180 e. The normalized spacial score (nSPS) is 13.3. The minimum atomic E-state index is -3.17. The van der Waals surface area contributed by atoms with Gasteiger partial charge in [-0.25, -0.2) is 8.42 Å². The SMILES string of the molecule is CCS(=O)(=O)c1ccccc1NCCCC(C)Cl. The van der Waals surface area contributed by atoms with Crippen LogP contribution in [0.4, 0.5) is 5.69 Å². The van der Waals surface area contributed by atoms with E-state index in [9.17, 15) is 8.42 Å². The molecule has 1 N–H and O–H groups in total. The van der Waals surface area contributed by atoms with Crippen molar-refractivity contribution in [2.45, 2.75) is 37.0 Å². The summed E-state index contributed by atoms with van der Waals surface area (Å²) in [5.74, 6) is 0.115. The third-order valence-corrected chi connectivity index (χ3v) is 4.70. The number of sulfone groups is 1. The summed E-state index contributed by atoms with van der Waals surface area (Å²) >= 11 is 5.86. The molecule has 1 unspecified atom stereocenters. The maximum Gasteiger partial charge on any atom is 0.180 e. The summed E-state index contributed by atoms with van der Waals surface area (Å²) in [6.07, 6.45) is 1.84. The predicted molar refractivity (Wildman–Crippen MR) is 77.2 cm³/mol. The summed E-state index contributed by atoms with van der Waals surface area (Å²) in [4.78, 5) is 0.381. The second kappa shape index (κ2) is 7.00. The zero-order chi connectivity index (χ0) is 13.6.